The zero-order valence-electron chi connectivity index (χ0n) is 19.2. The lowest BCUT2D eigenvalue weighted by atomic mass is 10.1. The molecule has 1 saturated heterocycles. The molecule has 0 saturated carbocycles. The summed E-state index contributed by atoms with van der Waals surface area (Å²) in [6.07, 6.45) is 2.35. The van der Waals surface area contributed by atoms with Crippen molar-refractivity contribution in [2.75, 3.05) is 39.9 Å². The highest BCUT2D eigenvalue weighted by Crippen LogP contribution is 2.26. The Kier molecular flexibility index (Phi) is 9.11. The van der Waals surface area contributed by atoms with Crippen LogP contribution in [0.1, 0.15) is 37.8 Å². The predicted molar refractivity (Wildman–Crippen MR) is 127 cm³/mol. The molecule has 2 N–H and O–H groups in total. The summed E-state index contributed by atoms with van der Waals surface area (Å²) in [6, 6.07) is 14.2. The summed E-state index contributed by atoms with van der Waals surface area (Å²) in [5, 5.41) is 2.97. The number of amides is 1. The zero-order valence-corrected chi connectivity index (χ0v) is 20.1. The third kappa shape index (κ3) is 7.18. The average molecular weight is 476 g/mol. The average Bonchev–Trinajstić information content (AvgIpc) is 3.35. The zero-order chi connectivity index (χ0) is 23.7. The van der Waals surface area contributed by atoms with Crippen LogP contribution in [0.5, 0.6) is 11.5 Å². The van der Waals surface area contributed by atoms with Crippen molar-refractivity contribution in [3.63, 3.8) is 0 Å². The maximum atomic E-state index is 12.5. The van der Waals surface area contributed by atoms with Gasteiger partial charge in [-0.15, -0.1) is 0 Å². The van der Waals surface area contributed by atoms with Gasteiger partial charge < -0.3 is 14.8 Å². The van der Waals surface area contributed by atoms with Crippen LogP contribution < -0.4 is 19.5 Å². The Morgan fingerprint density at radius 2 is 1.67 bits per heavy atom. The van der Waals surface area contributed by atoms with Crippen molar-refractivity contribution in [1.82, 2.24) is 14.9 Å². The first-order valence-electron chi connectivity index (χ1n) is 11.3. The van der Waals surface area contributed by atoms with E-state index in [1.165, 1.54) is 12.1 Å². The molecule has 2 aromatic carbocycles. The smallest absolute Gasteiger partial charge is 0.240 e. The largest absolute Gasteiger partial charge is 0.497 e. The van der Waals surface area contributed by atoms with E-state index in [0.29, 0.717) is 18.9 Å². The maximum absolute atomic E-state index is 12.5. The Labute approximate surface area is 196 Å². The van der Waals surface area contributed by atoms with Crippen LogP contribution in [0, 0.1) is 0 Å². The number of hydrogen-bond donors (Lipinski definition) is 2. The van der Waals surface area contributed by atoms with Gasteiger partial charge in [0.1, 0.15) is 11.5 Å². The molecule has 0 aliphatic carbocycles. The standard InChI is InChI=1S/C24H33N3O5S/c1-3-32-21-10-12-22(13-11-21)33(29,30)26-15-14-24(28)25-18-23(27-16-4-5-17-27)19-6-8-20(31-2)9-7-19/h6-13,23,26H,3-5,14-18H2,1-2H3,(H,25,28)/t23-/m1/s1. The Bertz CT molecular complexity index is 988. The molecule has 1 atom stereocenters. The van der Waals surface area contributed by atoms with Crippen molar-refractivity contribution in [2.24, 2.45) is 0 Å². The molecule has 0 spiro atoms. The van der Waals surface area contributed by atoms with E-state index < -0.39 is 10.0 Å². The Hall–Kier alpha value is -2.62. The van der Waals surface area contributed by atoms with Gasteiger partial charge in [0, 0.05) is 19.5 Å². The summed E-state index contributed by atoms with van der Waals surface area (Å²) in [6.45, 7) is 4.86. The Morgan fingerprint density at radius 1 is 1.03 bits per heavy atom. The number of nitrogens with one attached hydrogen (secondary N) is 2. The minimum Gasteiger partial charge on any atom is -0.497 e. The topological polar surface area (TPSA) is 97.0 Å². The highest BCUT2D eigenvalue weighted by molar-refractivity contribution is 7.89. The van der Waals surface area contributed by atoms with Crippen molar-refractivity contribution in [2.45, 2.75) is 37.1 Å². The molecule has 0 radical (unpaired) electrons. The van der Waals surface area contributed by atoms with Crippen molar-refractivity contribution in [3.05, 3.63) is 54.1 Å². The molecule has 180 valence electrons. The van der Waals surface area contributed by atoms with Crippen molar-refractivity contribution < 1.29 is 22.7 Å². The molecule has 0 aromatic heterocycles. The number of ether oxygens (including phenoxy) is 2. The molecule has 0 bridgehead atoms. The molecular weight excluding hydrogens is 442 g/mol. The van der Waals surface area contributed by atoms with Gasteiger partial charge in [-0.25, -0.2) is 13.1 Å². The predicted octanol–water partition coefficient (Wildman–Crippen LogP) is 2.72. The van der Waals surface area contributed by atoms with E-state index in [0.717, 1.165) is 37.2 Å². The summed E-state index contributed by atoms with van der Waals surface area (Å²) < 4.78 is 38.0. The number of sulfonamides is 1. The van der Waals surface area contributed by atoms with Gasteiger partial charge in [-0.05, 0) is 74.8 Å². The molecule has 33 heavy (non-hydrogen) atoms. The number of hydrogen-bond acceptors (Lipinski definition) is 6. The third-order valence-corrected chi connectivity index (χ3v) is 7.14. The van der Waals surface area contributed by atoms with Gasteiger partial charge in [-0.3, -0.25) is 9.69 Å². The second-order valence-electron chi connectivity index (χ2n) is 7.89. The van der Waals surface area contributed by atoms with Crippen LogP contribution in [0.3, 0.4) is 0 Å². The summed E-state index contributed by atoms with van der Waals surface area (Å²) in [5.74, 6) is 1.21. The molecule has 8 nitrogen and oxygen atoms in total. The van der Waals surface area contributed by atoms with E-state index in [1.54, 1.807) is 19.2 Å². The molecule has 9 heteroatoms. The highest BCUT2D eigenvalue weighted by Gasteiger charge is 2.24. The van der Waals surface area contributed by atoms with Crippen LogP contribution in [0.4, 0.5) is 0 Å². The van der Waals surface area contributed by atoms with E-state index >= 15 is 0 Å². The second kappa shape index (κ2) is 12.0. The third-order valence-electron chi connectivity index (χ3n) is 5.66. The molecule has 1 aliphatic heterocycles. The van der Waals surface area contributed by atoms with E-state index in [9.17, 15) is 13.2 Å². The van der Waals surface area contributed by atoms with Crippen LogP contribution in [0.25, 0.3) is 0 Å². The number of nitrogens with zero attached hydrogens (tertiary/aromatic N) is 1. The van der Waals surface area contributed by atoms with Gasteiger partial charge in [-0.1, -0.05) is 12.1 Å². The quantitative estimate of drug-likeness (QED) is 0.490. The van der Waals surface area contributed by atoms with Gasteiger partial charge in [0.2, 0.25) is 15.9 Å². The Morgan fingerprint density at radius 3 is 2.27 bits per heavy atom. The summed E-state index contributed by atoms with van der Waals surface area (Å²) in [5.41, 5.74) is 1.12. The molecule has 1 heterocycles. The van der Waals surface area contributed by atoms with Crippen molar-refractivity contribution >= 4 is 15.9 Å². The van der Waals surface area contributed by atoms with Crippen LogP contribution in [0.15, 0.2) is 53.4 Å². The molecule has 3 rings (SSSR count). The van der Waals surface area contributed by atoms with Gasteiger partial charge >= 0.3 is 0 Å². The molecule has 0 unspecified atom stereocenters. The number of rotatable bonds is 12. The monoisotopic (exact) mass is 475 g/mol. The lowest BCUT2D eigenvalue weighted by Crippen LogP contribution is -2.38. The minimum atomic E-state index is -3.69. The number of likely N-dealkylation sites (tertiary alicyclic amines) is 1. The number of carbonyl (C=O) groups excluding carboxylic acids is 1. The number of benzene rings is 2. The van der Waals surface area contributed by atoms with E-state index in [-0.39, 0.29) is 29.8 Å². The second-order valence-corrected chi connectivity index (χ2v) is 9.66. The van der Waals surface area contributed by atoms with E-state index in [2.05, 4.69) is 14.9 Å². The molecule has 1 aliphatic rings. The first-order chi connectivity index (χ1) is 15.9. The SMILES string of the molecule is CCOc1ccc(S(=O)(=O)NCCC(=O)NC[C@H](c2ccc(OC)cc2)N2CCCC2)cc1. The fraction of sp³-hybridized carbons (Fsp3) is 0.458. The highest BCUT2D eigenvalue weighted by atomic mass is 32.2. The van der Waals surface area contributed by atoms with Crippen LogP contribution in [-0.4, -0.2) is 59.1 Å². The molecule has 2 aromatic rings. The minimum absolute atomic E-state index is 0.0261. The fourth-order valence-corrected chi connectivity index (χ4v) is 4.93. The first kappa shape index (κ1) is 25.0. The van der Waals surface area contributed by atoms with Gasteiger partial charge in [0.25, 0.3) is 0 Å². The van der Waals surface area contributed by atoms with Crippen LogP contribution in [0.2, 0.25) is 0 Å². The summed E-state index contributed by atoms with van der Waals surface area (Å²) in [7, 11) is -2.05. The van der Waals surface area contributed by atoms with Crippen LogP contribution >= 0.6 is 0 Å². The normalized spacial score (nSPS) is 15.2. The first-order valence-corrected chi connectivity index (χ1v) is 12.8. The van der Waals surface area contributed by atoms with Crippen molar-refractivity contribution in [1.29, 1.82) is 0 Å². The number of carbonyl (C=O) groups is 1. The van der Waals surface area contributed by atoms with E-state index in [4.69, 9.17) is 9.47 Å². The van der Waals surface area contributed by atoms with Crippen LogP contribution in [-0.2, 0) is 14.8 Å². The van der Waals surface area contributed by atoms with E-state index in [1.807, 2.05) is 31.2 Å². The maximum Gasteiger partial charge on any atom is 0.240 e. The lowest BCUT2D eigenvalue weighted by Gasteiger charge is -2.28. The van der Waals surface area contributed by atoms with Gasteiger partial charge in [0.15, 0.2) is 0 Å². The van der Waals surface area contributed by atoms with Crippen molar-refractivity contribution in [3.8, 4) is 11.5 Å². The Balaban J connectivity index is 1.51. The molecular formula is C24H33N3O5S. The van der Waals surface area contributed by atoms with Gasteiger partial charge in [-0.2, -0.15) is 0 Å². The number of methoxy groups -OCH3 is 1. The fourth-order valence-electron chi connectivity index (χ4n) is 3.90. The molecule has 1 fully saturated rings. The summed E-state index contributed by atoms with van der Waals surface area (Å²) >= 11 is 0. The lowest BCUT2D eigenvalue weighted by molar-refractivity contribution is -0.121. The van der Waals surface area contributed by atoms with Gasteiger partial charge in [0.05, 0.1) is 24.7 Å². The summed E-state index contributed by atoms with van der Waals surface area (Å²) in [4.78, 5) is 14.9. The molecule has 1 amide bonds.